The van der Waals surface area contributed by atoms with Gasteiger partial charge in [0.2, 0.25) is 5.82 Å². The van der Waals surface area contributed by atoms with Gasteiger partial charge in [-0.2, -0.15) is 5.21 Å². The molecule has 2 aromatic carbocycles. The number of H-pyrrole nitrogens is 2. The first-order chi connectivity index (χ1) is 15.6. The van der Waals surface area contributed by atoms with Gasteiger partial charge in [-0.25, -0.2) is 4.79 Å². The maximum absolute atomic E-state index is 13.1. The second-order valence-electron chi connectivity index (χ2n) is 7.75. The van der Waals surface area contributed by atoms with Crippen LogP contribution >= 0.6 is 0 Å². The lowest BCUT2D eigenvalue weighted by Crippen LogP contribution is -2.38. The number of benzene rings is 2. The zero-order valence-electron chi connectivity index (χ0n) is 18.3. The van der Waals surface area contributed by atoms with E-state index in [1.807, 2.05) is 62.4 Å². The van der Waals surface area contributed by atoms with Crippen molar-refractivity contribution in [3.8, 4) is 22.5 Å². The molecule has 4 rings (SSSR count). The Bertz CT molecular complexity index is 1300. The molecule has 164 valence electrons. The van der Waals surface area contributed by atoms with Gasteiger partial charge in [0, 0.05) is 29.8 Å². The predicted octanol–water partition coefficient (Wildman–Crippen LogP) is 3.34. The molecule has 0 aliphatic heterocycles. The highest BCUT2D eigenvalue weighted by Gasteiger charge is 2.15. The van der Waals surface area contributed by atoms with Crippen molar-refractivity contribution in [3.05, 3.63) is 86.2 Å². The van der Waals surface area contributed by atoms with Crippen LogP contribution in [0.5, 0.6) is 0 Å². The third kappa shape index (κ3) is 4.30. The van der Waals surface area contributed by atoms with Gasteiger partial charge in [0.15, 0.2) is 0 Å². The lowest BCUT2D eigenvalue weighted by Gasteiger charge is -2.12. The normalized spacial score (nSPS) is 11.1. The van der Waals surface area contributed by atoms with Gasteiger partial charge in [-0.15, -0.1) is 10.2 Å². The Morgan fingerprint density at radius 2 is 1.69 bits per heavy atom. The maximum atomic E-state index is 13.1. The smallest absolute Gasteiger partial charge is 0.311 e. The Kier molecular flexibility index (Phi) is 6.39. The van der Waals surface area contributed by atoms with Crippen LogP contribution in [0.15, 0.2) is 58.1 Å². The number of hydrogen-bond donors (Lipinski definition) is 2. The Morgan fingerprint density at radius 3 is 2.34 bits per heavy atom. The van der Waals surface area contributed by atoms with E-state index in [1.54, 1.807) is 0 Å². The first kappa shape index (κ1) is 21.4. The summed E-state index contributed by atoms with van der Waals surface area (Å²) in [5.74, 6) is 0.540. The predicted molar refractivity (Wildman–Crippen MR) is 123 cm³/mol. The molecule has 8 nitrogen and oxygen atoms in total. The number of aromatic amines is 2. The van der Waals surface area contributed by atoms with Gasteiger partial charge in [0.25, 0.3) is 5.56 Å². The van der Waals surface area contributed by atoms with E-state index in [4.69, 9.17) is 0 Å². The van der Waals surface area contributed by atoms with Gasteiger partial charge in [0.05, 0.1) is 0 Å². The summed E-state index contributed by atoms with van der Waals surface area (Å²) >= 11 is 0. The lowest BCUT2D eigenvalue weighted by atomic mass is 9.96. The number of tetrazole rings is 1. The first-order valence-corrected chi connectivity index (χ1v) is 10.9. The van der Waals surface area contributed by atoms with E-state index in [9.17, 15) is 9.59 Å². The van der Waals surface area contributed by atoms with Crippen molar-refractivity contribution in [1.29, 1.82) is 0 Å². The van der Waals surface area contributed by atoms with Crippen LogP contribution in [0.3, 0.4) is 0 Å². The fraction of sp³-hybridized carbons (Fsp3) is 0.292. The molecule has 0 bridgehead atoms. The Hall–Kier alpha value is -3.81. The van der Waals surface area contributed by atoms with Crippen molar-refractivity contribution in [2.24, 2.45) is 0 Å². The number of nitrogens with zero attached hydrogens (tertiary/aromatic N) is 4. The third-order valence-electron chi connectivity index (χ3n) is 5.48. The molecular formula is C24H26N6O2. The number of hydrogen-bond acceptors (Lipinski definition) is 5. The van der Waals surface area contributed by atoms with Crippen molar-refractivity contribution in [2.75, 3.05) is 0 Å². The Morgan fingerprint density at radius 1 is 0.938 bits per heavy atom. The standard InChI is InChI=1S/C24H26N6O2/c1-3-7-21-20(23(31)30(14-4-2)24(32)25-21)15-16-10-12-17(13-11-16)18-8-5-6-9-19(18)22-26-28-29-27-22/h5-6,8-13H,3-4,7,14-15H2,1-2H3,(H,25,32)(H,26,27,28,29). The zero-order chi connectivity index (χ0) is 22.5. The minimum Gasteiger partial charge on any atom is -0.311 e. The molecule has 0 saturated heterocycles. The van der Waals surface area contributed by atoms with E-state index in [2.05, 4.69) is 25.6 Å². The molecule has 32 heavy (non-hydrogen) atoms. The molecule has 0 aliphatic carbocycles. The van der Waals surface area contributed by atoms with Crippen LogP contribution in [0.4, 0.5) is 0 Å². The monoisotopic (exact) mass is 430 g/mol. The van der Waals surface area contributed by atoms with Crippen LogP contribution in [-0.4, -0.2) is 30.2 Å². The van der Waals surface area contributed by atoms with Crippen molar-refractivity contribution in [3.63, 3.8) is 0 Å². The third-order valence-corrected chi connectivity index (χ3v) is 5.48. The molecule has 2 N–H and O–H groups in total. The lowest BCUT2D eigenvalue weighted by molar-refractivity contribution is 0.599. The van der Waals surface area contributed by atoms with Gasteiger partial charge in [-0.1, -0.05) is 68.8 Å². The second-order valence-corrected chi connectivity index (χ2v) is 7.75. The van der Waals surface area contributed by atoms with Crippen LogP contribution in [0.25, 0.3) is 22.5 Å². The molecule has 2 heterocycles. The van der Waals surface area contributed by atoms with Gasteiger partial charge in [-0.3, -0.25) is 9.36 Å². The minimum absolute atomic E-state index is 0.189. The summed E-state index contributed by atoms with van der Waals surface area (Å²) in [6, 6.07) is 16.0. The highest BCUT2D eigenvalue weighted by atomic mass is 16.2. The quantitative estimate of drug-likeness (QED) is 0.446. The van der Waals surface area contributed by atoms with Gasteiger partial charge < -0.3 is 4.98 Å². The Balaban J connectivity index is 1.68. The fourth-order valence-corrected chi connectivity index (χ4v) is 3.94. The van der Waals surface area contributed by atoms with Crippen LogP contribution in [0.1, 0.15) is 43.5 Å². The molecule has 0 atom stereocenters. The van der Waals surface area contributed by atoms with E-state index < -0.39 is 0 Å². The maximum Gasteiger partial charge on any atom is 0.328 e. The molecule has 0 fully saturated rings. The summed E-state index contributed by atoms with van der Waals surface area (Å²) in [7, 11) is 0. The average Bonchev–Trinajstić information content (AvgIpc) is 3.35. The highest BCUT2D eigenvalue weighted by molar-refractivity contribution is 5.80. The molecule has 2 aromatic heterocycles. The van der Waals surface area contributed by atoms with Gasteiger partial charge in [-0.05, 0) is 34.7 Å². The summed E-state index contributed by atoms with van der Waals surface area (Å²) in [5, 5.41) is 14.4. The molecule has 0 saturated carbocycles. The summed E-state index contributed by atoms with van der Waals surface area (Å²) < 4.78 is 1.31. The zero-order valence-corrected chi connectivity index (χ0v) is 18.3. The van der Waals surface area contributed by atoms with Crippen molar-refractivity contribution < 1.29 is 0 Å². The molecule has 0 radical (unpaired) electrons. The summed E-state index contributed by atoms with van der Waals surface area (Å²) in [6.07, 6.45) is 2.72. The van der Waals surface area contributed by atoms with Crippen LogP contribution in [-0.2, 0) is 19.4 Å². The Labute approximate surface area is 185 Å². The molecule has 0 spiro atoms. The molecule has 0 aliphatic rings. The number of aromatic nitrogens is 6. The number of aryl methyl sites for hydroxylation is 1. The van der Waals surface area contributed by atoms with Crippen LogP contribution in [0.2, 0.25) is 0 Å². The highest BCUT2D eigenvalue weighted by Crippen LogP contribution is 2.30. The summed E-state index contributed by atoms with van der Waals surface area (Å²) in [4.78, 5) is 28.4. The van der Waals surface area contributed by atoms with E-state index in [0.717, 1.165) is 40.8 Å². The van der Waals surface area contributed by atoms with E-state index >= 15 is 0 Å². The molecule has 8 heteroatoms. The number of nitrogens with one attached hydrogen (secondary N) is 2. The SMILES string of the molecule is CCCc1[nH]c(=O)n(CCC)c(=O)c1Cc1ccc(-c2ccccc2-c2nn[nH]n2)cc1. The largest absolute Gasteiger partial charge is 0.328 e. The van der Waals surface area contributed by atoms with Crippen LogP contribution in [0, 0.1) is 0 Å². The molecular weight excluding hydrogens is 404 g/mol. The minimum atomic E-state index is -0.322. The molecule has 0 unspecified atom stereocenters. The van der Waals surface area contributed by atoms with Gasteiger partial charge >= 0.3 is 5.69 Å². The molecule has 0 amide bonds. The summed E-state index contributed by atoms with van der Waals surface area (Å²) in [5.41, 5.74) is 4.82. The fourth-order valence-electron chi connectivity index (χ4n) is 3.94. The summed E-state index contributed by atoms with van der Waals surface area (Å²) in [6.45, 7) is 4.41. The van der Waals surface area contributed by atoms with E-state index in [0.29, 0.717) is 30.8 Å². The second kappa shape index (κ2) is 9.55. The van der Waals surface area contributed by atoms with Crippen molar-refractivity contribution in [1.82, 2.24) is 30.2 Å². The van der Waals surface area contributed by atoms with E-state index in [1.165, 1.54) is 4.57 Å². The molecule has 4 aromatic rings. The van der Waals surface area contributed by atoms with E-state index in [-0.39, 0.29) is 11.2 Å². The average molecular weight is 431 g/mol. The van der Waals surface area contributed by atoms with Crippen molar-refractivity contribution >= 4 is 0 Å². The number of rotatable bonds is 8. The van der Waals surface area contributed by atoms with Crippen LogP contribution < -0.4 is 11.2 Å². The first-order valence-electron chi connectivity index (χ1n) is 10.9. The topological polar surface area (TPSA) is 109 Å². The van der Waals surface area contributed by atoms with Gasteiger partial charge in [0.1, 0.15) is 0 Å². The van der Waals surface area contributed by atoms with Crippen molar-refractivity contribution in [2.45, 2.75) is 46.1 Å².